The zero-order valence-electron chi connectivity index (χ0n) is 18.0. The van der Waals surface area contributed by atoms with Crippen molar-refractivity contribution in [3.8, 4) is 0 Å². The van der Waals surface area contributed by atoms with E-state index in [1.165, 1.54) is 32.4 Å². The third kappa shape index (κ3) is 7.53. The Kier molecular flexibility index (Phi) is 7.93. The maximum atomic E-state index is 12.0. The quantitative estimate of drug-likeness (QED) is 0.657. The van der Waals surface area contributed by atoms with Crippen LogP contribution < -0.4 is 0 Å². The largest absolute Gasteiger partial charge is 0.444 e. The van der Waals surface area contributed by atoms with E-state index in [2.05, 4.69) is 19.9 Å². The first-order valence-electron chi connectivity index (χ1n) is 9.45. The summed E-state index contributed by atoms with van der Waals surface area (Å²) < 4.78 is 5.33. The van der Waals surface area contributed by atoms with Gasteiger partial charge in [0.1, 0.15) is 22.1 Å². The standard InChI is InChI=1S/C15H19N3O3.C6H5ClN2O/c1-10(19)12-7-16-8-13(17-12)11-5-6-18(9-11)14(20)21-15(2,3)4;1-4(10)5-2-8-3-6(7)9-5/h5,7-8H,6,9H2,1-4H3;2-3H,1H3. The van der Waals surface area contributed by atoms with E-state index < -0.39 is 5.60 Å². The Hall–Kier alpha value is -3.20. The van der Waals surface area contributed by atoms with Gasteiger partial charge >= 0.3 is 6.09 Å². The molecule has 31 heavy (non-hydrogen) atoms. The van der Waals surface area contributed by atoms with Gasteiger partial charge in [-0.25, -0.2) is 14.8 Å². The SMILES string of the molecule is CC(=O)c1cncc(C2=CCN(C(=O)OC(C)(C)C)C2)n1.CC(=O)c1cncc(Cl)n1. The first kappa shape index (κ1) is 24.1. The molecule has 10 heteroatoms. The summed E-state index contributed by atoms with van der Waals surface area (Å²) >= 11 is 5.46. The van der Waals surface area contributed by atoms with Crippen molar-refractivity contribution in [2.75, 3.05) is 13.1 Å². The Labute approximate surface area is 185 Å². The molecule has 0 atom stereocenters. The summed E-state index contributed by atoms with van der Waals surface area (Å²) in [6.07, 6.45) is 7.34. The average Bonchev–Trinajstić information content (AvgIpc) is 3.18. The topological polar surface area (TPSA) is 115 Å². The first-order valence-corrected chi connectivity index (χ1v) is 9.83. The fourth-order valence-electron chi connectivity index (χ4n) is 2.41. The molecule has 2 aromatic rings. The van der Waals surface area contributed by atoms with Crippen LogP contribution in [0.1, 0.15) is 61.3 Å². The van der Waals surface area contributed by atoms with Gasteiger partial charge in [0.2, 0.25) is 0 Å². The lowest BCUT2D eigenvalue weighted by Crippen LogP contribution is -2.35. The van der Waals surface area contributed by atoms with Gasteiger partial charge in [-0.15, -0.1) is 0 Å². The van der Waals surface area contributed by atoms with Crippen molar-refractivity contribution in [2.24, 2.45) is 0 Å². The number of nitrogens with zero attached hydrogens (tertiary/aromatic N) is 5. The number of hydrogen-bond acceptors (Lipinski definition) is 8. The summed E-state index contributed by atoms with van der Waals surface area (Å²) in [6, 6.07) is 0. The molecule has 0 fully saturated rings. The highest BCUT2D eigenvalue weighted by atomic mass is 35.5. The second-order valence-electron chi connectivity index (χ2n) is 7.72. The Morgan fingerprint density at radius 3 is 2.06 bits per heavy atom. The number of aromatic nitrogens is 4. The van der Waals surface area contributed by atoms with Crippen LogP contribution in [0.4, 0.5) is 4.79 Å². The molecule has 1 aliphatic rings. The van der Waals surface area contributed by atoms with Crippen LogP contribution in [0.25, 0.3) is 5.57 Å². The molecule has 1 amide bonds. The third-order valence-electron chi connectivity index (χ3n) is 3.86. The van der Waals surface area contributed by atoms with Crippen molar-refractivity contribution in [1.29, 1.82) is 0 Å². The fourth-order valence-corrected chi connectivity index (χ4v) is 2.56. The molecule has 1 aliphatic heterocycles. The number of ether oxygens (including phenoxy) is 1. The Bertz CT molecular complexity index is 1020. The predicted octanol–water partition coefficient (Wildman–Crippen LogP) is 3.65. The highest BCUT2D eigenvalue weighted by Gasteiger charge is 2.26. The van der Waals surface area contributed by atoms with E-state index in [-0.39, 0.29) is 22.8 Å². The zero-order valence-corrected chi connectivity index (χ0v) is 18.8. The smallest absolute Gasteiger partial charge is 0.410 e. The summed E-state index contributed by atoms with van der Waals surface area (Å²) in [5.74, 6) is -0.262. The number of amides is 1. The molecule has 0 radical (unpaired) electrons. The van der Waals surface area contributed by atoms with Gasteiger partial charge in [-0.2, -0.15) is 0 Å². The van der Waals surface area contributed by atoms with Crippen LogP contribution in [-0.2, 0) is 4.74 Å². The zero-order chi connectivity index (χ0) is 23.2. The van der Waals surface area contributed by atoms with E-state index in [9.17, 15) is 14.4 Å². The maximum Gasteiger partial charge on any atom is 0.410 e. The summed E-state index contributed by atoms with van der Waals surface area (Å²) in [4.78, 5) is 51.3. The number of ketones is 2. The van der Waals surface area contributed by atoms with E-state index >= 15 is 0 Å². The molecule has 0 unspecified atom stereocenters. The maximum absolute atomic E-state index is 12.0. The third-order valence-corrected chi connectivity index (χ3v) is 4.04. The van der Waals surface area contributed by atoms with Crippen molar-refractivity contribution in [1.82, 2.24) is 24.8 Å². The summed E-state index contributed by atoms with van der Waals surface area (Å²) in [5.41, 5.74) is 1.59. The second kappa shape index (κ2) is 10.2. The van der Waals surface area contributed by atoms with E-state index in [1.807, 2.05) is 26.8 Å². The molecule has 0 spiro atoms. The van der Waals surface area contributed by atoms with Crippen LogP contribution in [0.5, 0.6) is 0 Å². The van der Waals surface area contributed by atoms with Crippen LogP contribution in [0.15, 0.2) is 30.9 Å². The molecule has 0 bridgehead atoms. The fraction of sp³-hybridized carbons (Fsp3) is 0.381. The summed E-state index contributed by atoms with van der Waals surface area (Å²) in [7, 11) is 0. The van der Waals surface area contributed by atoms with Crippen LogP contribution in [-0.4, -0.2) is 61.2 Å². The van der Waals surface area contributed by atoms with Gasteiger partial charge in [0, 0.05) is 20.4 Å². The molecule has 3 rings (SSSR count). The Morgan fingerprint density at radius 1 is 0.968 bits per heavy atom. The van der Waals surface area contributed by atoms with E-state index in [0.717, 1.165) is 5.57 Å². The first-order chi connectivity index (χ1) is 14.5. The van der Waals surface area contributed by atoms with E-state index in [1.54, 1.807) is 11.1 Å². The van der Waals surface area contributed by atoms with Crippen LogP contribution in [0.2, 0.25) is 5.15 Å². The molecule has 0 saturated heterocycles. The second-order valence-corrected chi connectivity index (χ2v) is 8.11. The molecule has 0 N–H and O–H groups in total. The number of rotatable bonds is 3. The minimum atomic E-state index is -0.520. The van der Waals surface area contributed by atoms with Gasteiger partial charge in [-0.05, 0) is 26.3 Å². The van der Waals surface area contributed by atoms with Crippen molar-refractivity contribution >= 4 is 34.8 Å². The highest BCUT2D eigenvalue weighted by molar-refractivity contribution is 6.29. The van der Waals surface area contributed by atoms with E-state index in [4.69, 9.17) is 16.3 Å². The highest BCUT2D eigenvalue weighted by Crippen LogP contribution is 2.21. The molecule has 0 aliphatic carbocycles. The molecule has 2 aromatic heterocycles. The Morgan fingerprint density at radius 2 is 1.55 bits per heavy atom. The van der Waals surface area contributed by atoms with Gasteiger partial charge in [0.15, 0.2) is 11.6 Å². The van der Waals surface area contributed by atoms with E-state index in [0.29, 0.717) is 30.2 Å². The lowest BCUT2D eigenvalue weighted by atomic mass is 10.2. The monoisotopic (exact) mass is 445 g/mol. The molecule has 0 aromatic carbocycles. The molecule has 9 nitrogen and oxygen atoms in total. The molecular formula is C21H24ClN5O4. The van der Waals surface area contributed by atoms with Crippen molar-refractivity contribution in [3.63, 3.8) is 0 Å². The lowest BCUT2D eigenvalue weighted by Gasteiger charge is -2.24. The minimum absolute atomic E-state index is 0.130. The number of hydrogen-bond donors (Lipinski definition) is 0. The number of Topliss-reactive ketones (excluding diaryl/α,β-unsaturated/α-hetero) is 2. The number of carbonyl (C=O) groups is 3. The Balaban J connectivity index is 0.000000285. The van der Waals surface area contributed by atoms with Gasteiger partial charge < -0.3 is 9.64 Å². The molecular weight excluding hydrogens is 422 g/mol. The minimum Gasteiger partial charge on any atom is -0.444 e. The predicted molar refractivity (Wildman–Crippen MR) is 115 cm³/mol. The van der Waals surface area contributed by atoms with Crippen molar-refractivity contribution in [3.05, 3.63) is 53.1 Å². The van der Waals surface area contributed by atoms with Crippen LogP contribution >= 0.6 is 11.6 Å². The molecule has 164 valence electrons. The van der Waals surface area contributed by atoms with Gasteiger partial charge in [-0.1, -0.05) is 17.7 Å². The molecule has 0 saturated carbocycles. The van der Waals surface area contributed by atoms with Crippen LogP contribution in [0, 0.1) is 0 Å². The van der Waals surface area contributed by atoms with Crippen molar-refractivity contribution in [2.45, 2.75) is 40.2 Å². The van der Waals surface area contributed by atoms with Gasteiger partial charge in [0.25, 0.3) is 0 Å². The van der Waals surface area contributed by atoms with Crippen LogP contribution in [0.3, 0.4) is 0 Å². The normalized spacial score (nSPS) is 13.1. The van der Waals surface area contributed by atoms with Crippen molar-refractivity contribution < 1.29 is 19.1 Å². The number of carbonyl (C=O) groups excluding carboxylic acids is 3. The summed E-state index contributed by atoms with van der Waals surface area (Å²) in [5, 5.41) is 0.243. The summed E-state index contributed by atoms with van der Waals surface area (Å²) in [6.45, 7) is 9.23. The molecule has 3 heterocycles. The number of halogens is 1. The van der Waals surface area contributed by atoms with Gasteiger partial charge in [-0.3, -0.25) is 19.6 Å². The average molecular weight is 446 g/mol. The lowest BCUT2D eigenvalue weighted by molar-refractivity contribution is 0.0306. The van der Waals surface area contributed by atoms with Gasteiger partial charge in [0.05, 0.1) is 37.0 Å².